The average Bonchev–Trinajstić information content (AvgIpc) is 3.11. The third-order valence-corrected chi connectivity index (χ3v) is 9.93. The van der Waals surface area contributed by atoms with Gasteiger partial charge in [0, 0.05) is 0 Å². The average molecular weight is 691 g/mol. The Bertz CT molecular complexity index is 1020. The molecule has 4 heteroatoms. The van der Waals surface area contributed by atoms with Crippen LogP contribution in [-0.4, -0.2) is 11.9 Å². The Morgan fingerprint density at radius 3 is 0.980 bits per heavy atom. The van der Waals surface area contributed by atoms with Crippen molar-refractivity contribution in [2.24, 2.45) is 0 Å². The molecule has 0 atom stereocenters. The molecule has 0 N–H and O–H groups in total. The van der Waals surface area contributed by atoms with Crippen molar-refractivity contribution in [3.63, 3.8) is 0 Å². The molecule has 0 saturated carbocycles. The van der Waals surface area contributed by atoms with E-state index in [4.69, 9.17) is 9.47 Å². The summed E-state index contributed by atoms with van der Waals surface area (Å²) in [5, 5.41) is 0. The van der Waals surface area contributed by atoms with Gasteiger partial charge >= 0.3 is 11.9 Å². The Kier molecular flexibility index (Phi) is 27.1. The summed E-state index contributed by atoms with van der Waals surface area (Å²) in [5.74, 6) is 0.292. The maximum absolute atomic E-state index is 12.5. The number of benzene rings is 2. The second kappa shape index (κ2) is 31.1. The molecule has 2 aromatic rings. The first-order chi connectivity index (χ1) is 24.6. The van der Waals surface area contributed by atoms with E-state index >= 15 is 0 Å². The van der Waals surface area contributed by atoms with E-state index < -0.39 is 11.9 Å². The third kappa shape index (κ3) is 24.5. The van der Waals surface area contributed by atoms with Gasteiger partial charge in [0.15, 0.2) is 0 Å². The van der Waals surface area contributed by atoms with Crippen LogP contribution in [0.5, 0.6) is 11.5 Å². The van der Waals surface area contributed by atoms with Crippen LogP contribution in [0.4, 0.5) is 0 Å². The lowest BCUT2D eigenvalue weighted by molar-refractivity contribution is -0.140. The molecule has 0 aliphatic heterocycles. The molecule has 0 heterocycles. The molecule has 2 aromatic carbocycles. The minimum Gasteiger partial charge on any atom is -0.427 e. The van der Waals surface area contributed by atoms with E-state index in [-0.39, 0.29) is 12.8 Å². The fourth-order valence-electron chi connectivity index (χ4n) is 6.79. The predicted octanol–water partition coefficient (Wildman–Crippen LogP) is 14.2. The predicted molar refractivity (Wildman–Crippen MR) is 212 cm³/mol. The first-order valence-electron chi connectivity index (χ1n) is 21.2. The summed E-state index contributed by atoms with van der Waals surface area (Å²) in [6, 6.07) is 15.6. The van der Waals surface area contributed by atoms with Gasteiger partial charge in [0.2, 0.25) is 0 Å². The Hall–Kier alpha value is -2.62. The summed E-state index contributed by atoms with van der Waals surface area (Å²) in [4.78, 5) is 25.0. The number of rotatable bonds is 33. The molecular formula is C46H74O4. The first-order valence-corrected chi connectivity index (χ1v) is 21.2. The molecule has 0 unspecified atom stereocenters. The molecule has 0 saturated heterocycles. The summed E-state index contributed by atoms with van der Waals surface area (Å²) in [5.41, 5.74) is 2.38. The minimum atomic E-state index is -0.406. The van der Waals surface area contributed by atoms with E-state index in [1.54, 1.807) is 0 Å². The molecule has 50 heavy (non-hydrogen) atoms. The van der Waals surface area contributed by atoms with Crippen LogP contribution in [0, 0.1) is 0 Å². The zero-order chi connectivity index (χ0) is 35.7. The maximum Gasteiger partial charge on any atom is 0.311 e. The highest BCUT2D eigenvalue weighted by Gasteiger charge is 2.12. The lowest BCUT2D eigenvalue weighted by Gasteiger charge is -2.08. The zero-order valence-corrected chi connectivity index (χ0v) is 32.5. The number of hydrogen-bond donors (Lipinski definition) is 0. The second-order valence-electron chi connectivity index (χ2n) is 14.7. The van der Waals surface area contributed by atoms with Crippen molar-refractivity contribution in [1.29, 1.82) is 0 Å². The number of hydrogen-bond acceptors (Lipinski definition) is 4. The molecule has 282 valence electrons. The van der Waals surface area contributed by atoms with Gasteiger partial charge in [-0.25, -0.2) is 0 Å². The Labute approximate surface area is 307 Å². The number of ether oxygens (including phenoxy) is 2. The van der Waals surface area contributed by atoms with Crippen LogP contribution in [0.1, 0.15) is 205 Å². The van der Waals surface area contributed by atoms with Crippen LogP contribution >= 0.6 is 0 Å². The molecule has 0 aromatic heterocycles. The van der Waals surface area contributed by atoms with Crippen molar-refractivity contribution < 1.29 is 19.1 Å². The fraction of sp³-hybridized carbons (Fsp3) is 0.696. The highest BCUT2D eigenvalue weighted by atomic mass is 16.5. The van der Waals surface area contributed by atoms with E-state index in [2.05, 4.69) is 26.0 Å². The smallest absolute Gasteiger partial charge is 0.311 e. The molecule has 4 nitrogen and oxygen atoms in total. The Balaban J connectivity index is 1.51. The van der Waals surface area contributed by atoms with Crippen molar-refractivity contribution in [1.82, 2.24) is 0 Å². The molecule has 0 radical (unpaired) electrons. The van der Waals surface area contributed by atoms with Gasteiger partial charge in [-0.05, 0) is 61.1 Å². The van der Waals surface area contributed by atoms with E-state index in [0.717, 1.165) is 25.7 Å². The number of carbonyl (C=O) groups excluding carboxylic acids is 2. The van der Waals surface area contributed by atoms with Gasteiger partial charge in [-0.2, -0.15) is 0 Å². The largest absolute Gasteiger partial charge is 0.427 e. The van der Waals surface area contributed by atoms with Gasteiger partial charge in [-0.3, -0.25) is 9.59 Å². The van der Waals surface area contributed by atoms with Gasteiger partial charge in [-0.15, -0.1) is 0 Å². The number of aryl methyl sites for hydroxylation is 2. The monoisotopic (exact) mass is 691 g/mol. The summed E-state index contributed by atoms with van der Waals surface area (Å²) in [6.45, 7) is 4.55. The first kappa shape index (κ1) is 43.5. The van der Waals surface area contributed by atoms with Crippen molar-refractivity contribution in [2.45, 2.75) is 206 Å². The van der Waals surface area contributed by atoms with E-state index in [1.165, 1.54) is 165 Å². The standard InChI is InChI=1S/C46H74O4/c1-3-5-7-9-11-13-15-17-19-21-23-25-27-31-41-33-29-35-43(39-41)49-45(47)37-38-46(48)50-44-36-30-34-42(40-44)32-28-26-24-22-20-18-16-14-12-10-8-6-4-2/h29-30,33-36,39-40H,3-28,31-32,37-38H2,1-2H3. The number of carbonyl (C=O) groups is 2. The molecule has 0 bridgehead atoms. The Morgan fingerprint density at radius 2 is 0.680 bits per heavy atom. The SMILES string of the molecule is CCCCCCCCCCCCCCCc1cccc(OC(=O)CCC(=O)Oc2cccc(CCCCCCCCCCCCCCC)c2)c1. The Morgan fingerprint density at radius 1 is 0.400 bits per heavy atom. The minimum absolute atomic E-state index is 0.000563. The molecule has 0 fully saturated rings. The van der Waals surface area contributed by atoms with Gasteiger partial charge in [0.1, 0.15) is 11.5 Å². The van der Waals surface area contributed by atoms with Crippen molar-refractivity contribution in [2.75, 3.05) is 0 Å². The van der Waals surface area contributed by atoms with Gasteiger partial charge < -0.3 is 9.47 Å². The summed E-state index contributed by atoms with van der Waals surface area (Å²) in [6.07, 6.45) is 37.0. The van der Waals surface area contributed by atoms with Crippen LogP contribution in [0.15, 0.2) is 48.5 Å². The van der Waals surface area contributed by atoms with Crippen LogP contribution < -0.4 is 9.47 Å². The van der Waals surface area contributed by atoms with Crippen LogP contribution in [0.3, 0.4) is 0 Å². The lowest BCUT2D eigenvalue weighted by atomic mass is 10.0. The maximum atomic E-state index is 12.5. The van der Waals surface area contributed by atoms with Crippen molar-refractivity contribution >= 4 is 11.9 Å². The van der Waals surface area contributed by atoms with Gasteiger partial charge in [0.05, 0.1) is 12.8 Å². The molecule has 2 rings (SSSR count). The fourth-order valence-corrected chi connectivity index (χ4v) is 6.79. The van der Waals surface area contributed by atoms with E-state index in [1.807, 2.05) is 36.4 Å². The van der Waals surface area contributed by atoms with Crippen molar-refractivity contribution in [3.8, 4) is 11.5 Å². The lowest BCUT2D eigenvalue weighted by Crippen LogP contribution is -2.14. The molecule has 0 aliphatic carbocycles. The summed E-state index contributed by atoms with van der Waals surface area (Å²) in [7, 11) is 0. The molecule has 0 amide bonds. The van der Waals surface area contributed by atoms with Gasteiger partial charge in [0.25, 0.3) is 0 Å². The van der Waals surface area contributed by atoms with E-state index in [0.29, 0.717) is 11.5 Å². The number of unbranched alkanes of at least 4 members (excludes halogenated alkanes) is 24. The van der Waals surface area contributed by atoms with Crippen LogP contribution in [-0.2, 0) is 22.4 Å². The highest BCUT2D eigenvalue weighted by Crippen LogP contribution is 2.20. The normalized spacial score (nSPS) is 11.2. The second-order valence-corrected chi connectivity index (χ2v) is 14.7. The third-order valence-electron chi connectivity index (χ3n) is 9.93. The van der Waals surface area contributed by atoms with Crippen LogP contribution in [0.25, 0.3) is 0 Å². The quantitative estimate of drug-likeness (QED) is 0.0425. The summed E-state index contributed by atoms with van der Waals surface area (Å²) >= 11 is 0. The molecule has 0 spiro atoms. The molecular weight excluding hydrogens is 617 g/mol. The van der Waals surface area contributed by atoms with E-state index in [9.17, 15) is 9.59 Å². The highest BCUT2D eigenvalue weighted by molar-refractivity contribution is 5.80. The van der Waals surface area contributed by atoms with Crippen molar-refractivity contribution in [3.05, 3.63) is 59.7 Å². The van der Waals surface area contributed by atoms with Crippen LogP contribution in [0.2, 0.25) is 0 Å². The van der Waals surface area contributed by atoms with Gasteiger partial charge in [-0.1, -0.05) is 192 Å². The number of esters is 2. The summed E-state index contributed by atoms with van der Waals surface area (Å²) < 4.78 is 11.1. The molecule has 0 aliphatic rings. The topological polar surface area (TPSA) is 52.6 Å². The zero-order valence-electron chi connectivity index (χ0n) is 32.5.